The van der Waals surface area contributed by atoms with Gasteiger partial charge in [0.2, 0.25) is 0 Å². The van der Waals surface area contributed by atoms with Gasteiger partial charge in [0.25, 0.3) is 0 Å². The second-order valence-electron chi connectivity index (χ2n) is 3.18. The third-order valence-corrected chi connectivity index (χ3v) is 4.13. The Balaban J connectivity index is 3.11. The molecule has 0 aliphatic heterocycles. The van der Waals surface area contributed by atoms with Gasteiger partial charge in [-0.1, -0.05) is 0 Å². The molecule has 1 N–H and O–H groups in total. The van der Waals surface area contributed by atoms with Gasteiger partial charge < -0.3 is 0 Å². The zero-order valence-electron chi connectivity index (χ0n) is 6.41. The van der Waals surface area contributed by atoms with Gasteiger partial charge in [-0.25, -0.2) is 0 Å². The first-order valence-corrected chi connectivity index (χ1v) is 11.9. The van der Waals surface area contributed by atoms with Crippen LogP contribution in [0.3, 0.4) is 0 Å². The first-order chi connectivity index (χ1) is 3.56. The van der Waals surface area contributed by atoms with Crippen LogP contribution in [0.5, 0.6) is 0 Å². The molecule has 50 valence electrons. The van der Waals surface area contributed by atoms with Crippen LogP contribution in [0.1, 0.15) is 13.3 Å². The summed E-state index contributed by atoms with van der Waals surface area (Å²) in [6.07, 6.45) is 1.27. The molecule has 0 aliphatic rings. The van der Waals surface area contributed by atoms with Crippen LogP contribution in [0.4, 0.5) is 0 Å². The van der Waals surface area contributed by atoms with E-state index < -0.39 is 20.6 Å². The van der Waals surface area contributed by atoms with Gasteiger partial charge in [0.05, 0.1) is 0 Å². The van der Waals surface area contributed by atoms with Crippen LogP contribution in [0.15, 0.2) is 0 Å². The first-order valence-electron chi connectivity index (χ1n) is 3.31. The summed E-state index contributed by atoms with van der Waals surface area (Å²) in [6, 6.07) is 0. The third-order valence-electron chi connectivity index (χ3n) is 0.905. The number of hydrogen-bond donors (Lipinski definition) is 1. The molecule has 0 bridgehead atoms. The van der Waals surface area contributed by atoms with Crippen LogP contribution in [-0.2, 0) is 20.6 Å². The van der Waals surface area contributed by atoms with Gasteiger partial charge in [-0.3, -0.25) is 0 Å². The zero-order chi connectivity index (χ0) is 6.62. The predicted molar refractivity (Wildman–Crippen MR) is 35.9 cm³/mol. The maximum atomic E-state index is 3.58. The fourth-order valence-electron chi connectivity index (χ4n) is 0.500. The summed E-state index contributed by atoms with van der Waals surface area (Å²) in [7, 11) is 0. The van der Waals surface area contributed by atoms with E-state index in [1.807, 2.05) is 0 Å². The second kappa shape index (κ2) is 3.79. The standard InChI is InChI=1S/C3H8N.3CH3.Zr/c1-2-3-4;;;;/h4H,2-3H2,1H3;3*1H3;/q-1;;;;+1. The normalized spacial score (nSPS) is 12.0. The SMILES string of the molecule is CCC[NH][Zr]([CH3])([CH3])[CH3]. The molecule has 0 saturated carbocycles. The summed E-state index contributed by atoms with van der Waals surface area (Å²) in [4.78, 5) is 0. The molecule has 0 heterocycles. The monoisotopic (exact) mass is 193 g/mol. The maximum absolute atomic E-state index is 3.58. The van der Waals surface area contributed by atoms with E-state index in [0.717, 1.165) is 0 Å². The Morgan fingerprint density at radius 3 is 1.88 bits per heavy atom. The molecular formula is C6H17NZr. The molecule has 0 atom stereocenters. The van der Waals surface area contributed by atoms with Crippen molar-refractivity contribution < 1.29 is 20.6 Å². The van der Waals surface area contributed by atoms with Crippen molar-refractivity contribution in [3.8, 4) is 0 Å². The Kier molecular flexibility index (Phi) is 4.19. The van der Waals surface area contributed by atoms with Crippen molar-refractivity contribution in [1.82, 2.24) is 3.26 Å². The van der Waals surface area contributed by atoms with E-state index in [-0.39, 0.29) is 0 Å². The summed E-state index contributed by atoms with van der Waals surface area (Å²) in [6.45, 7) is 3.43. The molecule has 1 nitrogen and oxygen atoms in total. The Morgan fingerprint density at radius 2 is 1.75 bits per heavy atom. The Bertz CT molecular complexity index is 56.0. The molecular weight excluding hydrogens is 177 g/mol. The molecule has 0 amide bonds. The van der Waals surface area contributed by atoms with E-state index in [0.29, 0.717) is 0 Å². The molecule has 0 saturated heterocycles. The van der Waals surface area contributed by atoms with Gasteiger partial charge in [0.15, 0.2) is 0 Å². The zero-order valence-corrected chi connectivity index (χ0v) is 8.87. The molecule has 0 aromatic carbocycles. The average molecular weight is 194 g/mol. The number of rotatable bonds is 3. The fourth-order valence-corrected chi connectivity index (χ4v) is 2.96. The number of hydrogen-bond acceptors (Lipinski definition) is 1. The van der Waals surface area contributed by atoms with E-state index in [1.54, 1.807) is 0 Å². The van der Waals surface area contributed by atoms with Crippen LogP contribution in [-0.4, -0.2) is 6.54 Å². The van der Waals surface area contributed by atoms with Gasteiger partial charge in [0, 0.05) is 0 Å². The second-order valence-corrected chi connectivity index (χ2v) is 15.1. The van der Waals surface area contributed by atoms with E-state index >= 15 is 0 Å². The minimum atomic E-state index is -1.56. The number of nitrogens with one attached hydrogen (secondary N) is 1. The van der Waals surface area contributed by atoms with Crippen molar-refractivity contribution in [2.24, 2.45) is 0 Å². The quantitative estimate of drug-likeness (QED) is 0.726. The van der Waals surface area contributed by atoms with Gasteiger partial charge in [-0.2, -0.15) is 0 Å². The van der Waals surface area contributed by atoms with Crippen LogP contribution in [0.25, 0.3) is 0 Å². The molecule has 0 spiro atoms. The molecule has 0 fully saturated rings. The van der Waals surface area contributed by atoms with E-state index in [2.05, 4.69) is 24.1 Å². The molecule has 0 aliphatic carbocycles. The van der Waals surface area contributed by atoms with Gasteiger partial charge in [0.1, 0.15) is 0 Å². The summed E-state index contributed by atoms with van der Waals surface area (Å²) >= 11 is -1.56. The summed E-state index contributed by atoms with van der Waals surface area (Å²) < 4.78 is 10.8. The van der Waals surface area contributed by atoms with Crippen LogP contribution in [0, 0.1) is 0 Å². The van der Waals surface area contributed by atoms with E-state index in [9.17, 15) is 0 Å². The Labute approximate surface area is 57.7 Å². The van der Waals surface area contributed by atoms with Gasteiger partial charge >= 0.3 is 57.6 Å². The van der Waals surface area contributed by atoms with E-state index in [4.69, 9.17) is 0 Å². The average Bonchev–Trinajstić information content (AvgIpc) is 1.59. The molecule has 0 aromatic heterocycles. The molecule has 0 rings (SSSR count). The van der Waals surface area contributed by atoms with E-state index in [1.165, 1.54) is 13.0 Å². The minimum absolute atomic E-state index is 1.22. The summed E-state index contributed by atoms with van der Waals surface area (Å²) in [5.74, 6) is 0. The molecule has 0 aromatic rings. The van der Waals surface area contributed by atoms with Crippen molar-refractivity contribution >= 4 is 0 Å². The fraction of sp³-hybridized carbons (Fsp3) is 1.00. The third kappa shape index (κ3) is 6.84. The van der Waals surface area contributed by atoms with Gasteiger partial charge in [-0.15, -0.1) is 0 Å². The van der Waals surface area contributed by atoms with Crippen molar-refractivity contribution in [1.29, 1.82) is 0 Å². The summed E-state index contributed by atoms with van der Waals surface area (Å²) in [5.41, 5.74) is 0. The first kappa shape index (κ1) is 8.84. The summed E-state index contributed by atoms with van der Waals surface area (Å²) in [5, 5.41) is 0. The van der Waals surface area contributed by atoms with Crippen molar-refractivity contribution in [2.75, 3.05) is 6.54 Å². The predicted octanol–water partition coefficient (Wildman–Crippen LogP) is 2.20. The Hall–Kier alpha value is 0.843. The van der Waals surface area contributed by atoms with Crippen molar-refractivity contribution in [3.05, 3.63) is 0 Å². The van der Waals surface area contributed by atoms with Crippen LogP contribution < -0.4 is 3.26 Å². The molecule has 0 radical (unpaired) electrons. The van der Waals surface area contributed by atoms with Crippen molar-refractivity contribution in [3.63, 3.8) is 0 Å². The van der Waals surface area contributed by atoms with Gasteiger partial charge in [-0.05, 0) is 0 Å². The van der Waals surface area contributed by atoms with Crippen LogP contribution in [0.2, 0.25) is 13.9 Å². The molecule has 2 heteroatoms. The molecule has 0 unspecified atom stereocenters. The van der Waals surface area contributed by atoms with Crippen LogP contribution >= 0.6 is 0 Å². The van der Waals surface area contributed by atoms with Crippen molar-refractivity contribution in [2.45, 2.75) is 27.2 Å². The topological polar surface area (TPSA) is 12.0 Å². The Morgan fingerprint density at radius 1 is 1.25 bits per heavy atom. The molecule has 8 heavy (non-hydrogen) atoms.